The molecule has 2 aromatic rings. The van der Waals surface area contributed by atoms with Crippen LogP contribution in [0.1, 0.15) is 26.3 Å². The summed E-state index contributed by atoms with van der Waals surface area (Å²) in [6, 6.07) is 7.56. The maximum absolute atomic E-state index is 12.4. The maximum atomic E-state index is 12.4. The van der Waals surface area contributed by atoms with Crippen molar-refractivity contribution in [3.63, 3.8) is 0 Å². The third-order valence-corrected chi connectivity index (χ3v) is 4.39. The van der Waals surface area contributed by atoms with Gasteiger partial charge in [0.05, 0.1) is 44.7 Å². The molecule has 1 amide bonds. The molecule has 0 unspecified atom stereocenters. The summed E-state index contributed by atoms with van der Waals surface area (Å²) in [5.74, 6) is -1.21. The fourth-order valence-electron chi connectivity index (χ4n) is 2.52. The topological polar surface area (TPSA) is 103 Å². The molecule has 0 aromatic heterocycles. The van der Waals surface area contributed by atoms with Gasteiger partial charge >= 0.3 is 11.9 Å². The Bertz CT molecular complexity index is 911. The van der Waals surface area contributed by atoms with Crippen molar-refractivity contribution in [2.75, 3.05) is 38.5 Å². The molecule has 2 aromatic carbocycles. The zero-order valence-electron chi connectivity index (χ0n) is 16.4. The van der Waals surface area contributed by atoms with Crippen molar-refractivity contribution in [1.82, 2.24) is 0 Å². The summed E-state index contributed by atoms with van der Waals surface area (Å²) in [7, 11) is 3.94. The number of ether oxygens (including phenoxy) is 3. The summed E-state index contributed by atoms with van der Waals surface area (Å²) >= 11 is 6.08. The van der Waals surface area contributed by atoms with E-state index in [9.17, 15) is 14.4 Å². The molecule has 0 saturated carbocycles. The van der Waals surface area contributed by atoms with Gasteiger partial charge in [0.2, 0.25) is 5.91 Å². The predicted molar refractivity (Wildman–Crippen MR) is 109 cm³/mol. The number of methoxy groups -OCH3 is 3. The van der Waals surface area contributed by atoms with Crippen LogP contribution in [0.15, 0.2) is 30.3 Å². The van der Waals surface area contributed by atoms with Gasteiger partial charge < -0.3 is 24.8 Å². The number of amides is 1. The number of carbonyl (C=O) groups excluding carboxylic acids is 3. The molecule has 2 N–H and O–H groups in total. The van der Waals surface area contributed by atoms with Gasteiger partial charge in [0.15, 0.2) is 0 Å². The second-order valence-corrected chi connectivity index (χ2v) is 6.39. The van der Waals surface area contributed by atoms with Gasteiger partial charge in [-0.1, -0.05) is 11.6 Å². The van der Waals surface area contributed by atoms with E-state index in [4.69, 9.17) is 16.3 Å². The number of hydrogen-bond acceptors (Lipinski definition) is 7. The number of rotatable bonds is 7. The molecule has 154 valence electrons. The van der Waals surface area contributed by atoms with E-state index in [1.165, 1.54) is 39.5 Å². The van der Waals surface area contributed by atoms with Crippen LogP contribution in [0.25, 0.3) is 0 Å². The number of hydrogen-bond donors (Lipinski definition) is 2. The van der Waals surface area contributed by atoms with E-state index >= 15 is 0 Å². The van der Waals surface area contributed by atoms with Crippen molar-refractivity contribution in [2.24, 2.45) is 0 Å². The van der Waals surface area contributed by atoms with Crippen LogP contribution in [0.5, 0.6) is 5.75 Å². The molecule has 0 fully saturated rings. The lowest BCUT2D eigenvalue weighted by molar-refractivity contribution is -0.114. The van der Waals surface area contributed by atoms with Gasteiger partial charge in [0.1, 0.15) is 5.75 Å². The Morgan fingerprint density at radius 3 is 2.03 bits per heavy atom. The Balaban J connectivity index is 2.17. The van der Waals surface area contributed by atoms with Crippen LogP contribution < -0.4 is 15.4 Å². The van der Waals surface area contributed by atoms with Crippen LogP contribution >= 0.6 is 11.6 Å². The van der Waals surface area contributed by atoms with E-state index in [0.29, 0.717) is 16.5 Å². The summed E-state index contributed by atoms with van der Waals surface area (Å²) in [5, 5.41) is 6.15. The minimum absolute atomic E-state index is 0.0898. The molecule has 8 nitrogen and oxygen atoms in total. The van der Waals surface area contributed by atoms with Crippen LogP contribution in [0.3, 0.4) is 0 Å². The normalized spacial score (nSPS) is 10.1. The van der Waals surface area contributed by atoms with Crippen LogP contribution in [-0.2, 0) is 14.3 Å². The van der Waals surface area contributed by atoms with Crippen molar-refractivity contribution < 1.29 is 28.6 Å². The molecule has 0 radical (unpaired) electrons. The lowest BCUT2D eigenvalue weighted by Gasteiger charge is -2.14. The number of nitrogens with one attached hydrogen (secondary N) is 2. The molecule has 0 aliphatic rings. The molecule has 0 aliphatic carbocycles. The summed E-state index contributed by atoms with van der Waals surface area (Å²) in [4.78, 5) is 36.0. The van der Waals surface area contributed by atoms with Gasteiger partial charge in [-0.05, 0) is 36.8 Å². The number of anilines is 2. The van der Waals surface area contributed by atoms with Gasteiger partial charge in [0.25, 0.3) is 0 Å². The Labute approximate surface area is 173 Å². The highest BCUT2D eigenvalue weighted by Crippen LogP contribution is 2.30. The average Bonchev–Trinajstić information content (AvgIpc) is 2.72. The maximum Gasteiger partial charge on any atom is 0.337 e. The van der Waals surface area contributed by atoms with Gasteiger partial charge in [-0.3, -0.25) is 4.79 Å². The molecular formula is C20H21ClN2O6. The highest BCUT2D eigenvalue weighted by atomic mass is 35.5. The van der Waals surface area contributed by atoms with Crippen molar-refractivity contribution in [3.05, 3.63) is 52.0 Å². The molecule has 2 rings (SSSR count). The van der Waals surface area contributed by atoms with Crippen molar-refractivity contribution in [1.29, 1.82) is 0 Å². The van der Waals surface area contributed by atoms with Crippen LogP contribution in [0.4, 0.5) is 11.4 Å². The van der Waals surface area contributed by atoms with Gasteiger partial charge in [-0.25, -0.2) is 9.59 Å². The second-order valence-electron chi connectivity index (χ2n) is 5.99. The highest BCUT2D eigenvalue weighted by molar-refractivity contribution is 6.31. The molecule has 0 atom stereocenters. The number of aryl methyl sites for hydroxylation is 1. The fraction of sp³-hybridized carbons (Fsp3) is 0.250. The highest BCUT2D eigenvalue weighted by Gasteiger charge is 2.15. The minimum Gasteiger partial charge on any atom is -0.495 e. The first kappa shape index (κ1) is 22.0. The van der Waals surface area contributed by atoms with Crippen LogP contribution in [-0.4, -0.2) is 45.7 Å². The summed E-state index contributed by atoms with van der Waals surface area (Å²) in [5.41, 5.74) is 1.88. The Morgan fingerprint density at radius 1 is 0.931 bits per heavy atom. The first-order valence-electron chi connectivity index (χ1n) is 8.48. The summed E-state index contributed by atoms with van der Waals surface area (Å²) in [6.07, 6.45) is 0. The Kier molecular flexibility index (Phi) is 7.44. The monoisotopic (exact) mass is 420 g/mol. The first-order valence-corrected chi connectivity index (χ1v) is 8.86. The van der Waals surface area contributed by atoms with E-state index in [0.717, 1.165) is 5.56 Å². The number of esters is 2. The van der Waals surface area contributed by atoms with Crippen LogP contribution in [0.2, 0.25) is 5.02 Å². The zero-order chi connectivity index (χ0) is 21.6. The predicted octanol–water partition coefficient (Wildman–Crippen LogP) is 3.28. The first-order chi connectivity index (χ1) is 13.8. The van der Waals surface area contributed by atoms with E-state index in [1.807, 2.05) is 6.92 Å². The zero-order valence-corrected chi connectivity index (χ0v) is 17.2. The Morgan fingerprint density at radius 2 is 1.52 bits per heavy atom. The fourth-order valence-corrected chi connectivity index (χ4v) is 2.68. The average molecular weight is 421 g/mol. The number of halogens is 1. The molecule has 9 heteroatoms. The van der Waals surface area contributed by atoms with Crippen molar-refractivity contribution >= 4 is 40.8 Å². The molecule has 29 heavy (non-hydrogen) atoms. The third kappa shape index (κ3) is 5.61. The SMILES string of the molecule is COC(=O)c1cc(NC(=O)CNc2cc(C)c(Cl)cc2OC)cc(C(=O)OC)c1. The van der Waals surface area contributed by atoms with Crippen LogP contribution in [0, 0.1) is 6.92 Å². The molecule has 0 aliphatic heterocycles. The van der Waals surface area contributed by atoms with Gasteiger partial charge in [0, 0.05) is 16.8 Å². The second kappa shape index (κ2) is 9.79. The minimum atomic E-state index is -0.647. The molecule has 0 bridgehead atoms. The summed E-state index contributed by atoms with van der Waals surface area (Å²) < 4.78 is 14.6. The van der Waals surface area contributed by atoms with E-state index in [1.54, 1.807) is 12.1 Å². The van der Waals surface area contributed by atoms with E-state index in [2.05, 4.69) is 20.1 Å². The third-order valence-electron chi connectivity index (χ3n) is 3.98. The standard InChI is InChI=1S/C20H21ClN2O6/c1-11-5-16(17(27-2)9-15(11)21)22-10-18(24)23-14-7-12(19(25)28-3)6-13(8-14)20(26)29-4/h5-9,22H,10H2,1-4H3,(H,23,24). The lowest BCUT2D eigenvalue weighted by atomic mass is 10.1. The number of carbonyl (C=O) groups is 3. The molecule has 0 spiro atoms. The van der Waals surface area contributed by atoms with E-state index in [-0.39, 0.29) is 23.4 Å². The summed E-state index contributed by atoms with van der Waals surface area (Å²) in [6.45, 7) is 1.74. The quantitative estimate of drug-likeness (QED) is 0.662. The smallest absolute Gasteiger partial charge is 0.337 e. The van der Waals surface area contributed by atoms with E-state index < -0.39 is 17.8 Å². The molecule has 0 heterocycles. The van der Waals surface area contributed by atoms with Gasteiger partial charge in [-0.2, -0.15) is 0 Å². The van der Waals surface area contributed by atoms with Gasteiger partial charge in [-0.15, -0.1) is 0 Å². The van der Waals surface area contributed by atoms with Crippen molar-refractivity contribution in [3.8, 4) is 5.75 Å². The largest absolute Gasteiger partial charge is 0.495 e. The molecular weight excluding hydrogens is 400 g/mol. The molecule has 0 saturated heterocycles. The van der Waals surface area contributed by atoms with Crippen molar-refractivity contribution in [2.45, 2.75) is 6.92 Å². The lowest BCUT2D eigenvalue weighted by Crippen LogP contribution is -2.22. The number of benzene rings is 2. The Hall–Kier alpha value is -3.26.